The zero-order valence-corrected chi connectivity index (χ0v) is 22.3. The number of allylic oxidation sites excluding steroid dienone is 3. The smallest absolute Gasteiger partial charge is 0.161 e. The fourth-order valence-corrected chi connectivity index (χ4v) is 5.46. The van der Waals surface area contributed by atoms with Crippen LogP contribution in [0.5, 0.6) is 0 Å². The lowest BCUT2D eigenvalue weighted by Gasteiger charge is -2.24. The third-order valence-electron chi connectivity index (χ3n) is 6.44. The average Bonchev–Trinajstić information content (AvgIpc) is 3.46. The van der Waals surface area contributed by atoms with Crippen LogP contribution in [-0.4, -0.2) is 74.6 Å². The van der Waals surface area contributed by atoms with E-state index in [1.807, 2.05) is 13.8 Å². The minimum atomic E-state index is 0.280. The van der Waals surface area contributed by atoms with Gasteiger partial charge in [0.25, 0.3) is 0 Å². The third-order valence-corrected chi connectivity index (χ3v) is 7.66. The Balaban J connectivity index is 0.000000238. The molecule has 33 heavy (non-hydrogen) atoms. The second-order valence-electron chi connectivity index (χ2n) is 9.48. The van der Waals surface area contributed by atoms with Gasteiger partial charge in [-0.3, -0.25) is 4.79 Å². The summed E-state index contributed by atoms with van der Waals surface area (Å²) in [5.74, 6) is 1.28. The molecule has 1 saturated carbocycles. The van der Waals surface area contributed by atoms with Crippen LogP contribution < -0.4 is 0 Å². The molecule has 6 heteroatoms. The lowest BCUT2D eigenvalue weighted by Crippen LogP contribution is -2.31. The van der Waals surface area contributed by atoms with E-state index >= 15 is 0 Å². The lowest BCUT2D eigenvalue weighted by atomic mass is 9.95. The van der Waals surface area contributed by atoms with E-state index in [0.717, 1.165) is 40.8 Å². The maximum Gasteiger partial charge on any atom is 0.161 e. The van der Waals surface area contributed by atoms with Gasteiger partial charge in [-0.05, 0) is 84.8 Å². The summed E-state index contributed by atoms with van der Waals surface area (Å²) in [6.45, 7) is 12.7. The standard InChI is InChI=1S/C14H17NO2S.C13H28N2/c1-3-17-9-11-5-4-6-12(7-11)14-15-10(2)13(8-16)18-14;1-4-15(11-7-10-14(2)3)12-13-8-5-6-9-13/h4-6,8,12H,3,7,9H2,1-2H3;13H,4-12H2,1-3H3. The first kappa shape index (κ1) is 27.9. The number of carbonyl (C=O) groups is 1. The first-order chi connectivity index (χ1) is 16.0. The number of aromatic nitrogens is 1. The highest BCUT2D eigenvalue weighted by Gasteiger charge is 2.19. The maximum atomic E-state index is 10.9. The minimum absolute atomic E-state index is 0.280. The van der Waals surface area contributed by atoms with E-state index < -0.39 is 0 Å². The number of ether oxygens (including phenoxy) is 1. The molecule has 0 saturated heterocycles. The van der Waals surface area contributed by atoms with Crippen LogP contribution in [0.15, 0.2) is 23.8 Å². The summed E-state index contributed by atoms with van der Waals surface area (Å²) in [5, 5.41) is 1.02. The molecule has 0 aliphatic heterocycles. The summed E-state index contributed by atoms with van der Waals surface area (Å²) < 4.78 is 5.43. The molecule has 2 aliphatic carbocycles. The van der Waals surface area contributed by atoms with Crippen LogP contribution in [-0.2, 0) is 4.74 Å². The fraction of sp³-hybridized carbons (Fsp3) is 0.704. The molecule has 1 unspecified atom stereocenters. The number of aryl methyl sites for hydroxylation is 1. The maximum absolute atomic E-state index is 10.9. The van der Waals surface area contributed by atoms with E-state index in [1.165, 1.54) is 75.2 Å². The van der Waals surface area contributed by atoms with Crippen LogP contribution in [0.2, 0.25) is 0 Å². The topological polar surface area (TPSA) is 45.7 Å². The molecule has 0 radical (unpaired) electrons. The molecule has 1 aromatic heterocycles. The van der Waals surface area contributed by atoms with Crippen LogP contribution >= 0.6 is 11.3 Å². The number of carbonyl (C=O) groups excluding carboxylic acids is 1. The molecule has 3 rings (SSSR count). The van der Waals surface area contributed by atoms with Gasteiger partial charge in [-0.1, -0.05) is 38.0 Å². The molecule has 5 nitrogen and oxygen atoms in total. The Morgan fingerprint density at radius 1 is 1.21 bits per heavy atom. The first-order valence-corrected chi connectivity index (χ1v) is 13.5. The van der Waals surface area contributed by atoms with Gasteiger partial charge in [0.15, 0.2) is 6.29 Å². The largest absolute Gasteiger partial charge is 0.377 e. The van der Waals surface area contributed by atoms with Crippen molar-refractivity contribution in [3.05, 3.63) is 39.4 Å². The Hall–Kier alpha value is -1.34. The van der Waals surface area contributed by atoms with Gasteiger partial charge in [0.2, 0.25) is 0 Å². The van der Waals surface area contributed by atoms with Crippen molar-refractivity contribution in [1.29, 1.82) is 0 Å². The highest BCUT2D eigenvalue weighted by atomic mass is 32.1. The summed E-state index contributed by atoms with van der Waals surface area (Å²) in [7, 11) is 4.32. The first-order valence-electron chi connectivity index (χ1n) is 12.7. The van der Waals surface area contributed by atoms with Gasteiger partial charge in [-0.2, -0.15) is 0 Å². The molecule has 0 amide bonds. The summed E-state index contributed by atoms with van der Waals surface area (Å²) in [6.07, 6.45) is 15.3. The van der Waals surface area contributed by atoms with Crippen molar-refractivity contribution >= 4 is 17.6 Å². The quantitative estimate of drug-likeness (QED) is 0.362. The van der Waals surface area contributed by atoms with Crippen LogP contribution in [0.25, 0.3) is 0 Å². The fourth-order valence-electron chi connectivity index (χ4n) is 4.50. The number of hydrogen-bond acceptors (Lipinski definition) is 6. The molecule has 0 N–H and O–H groups in total. The van der Waals surface area contributed by atoms with Crippen molar-refractivity contribution in [3.8, 4) is 0 Å². The summed E-state index contributed by atoms with van der Waals surface area (Å²) >= 11 is 1.49. The summed E-state index contributed by atoms with van der Waals surface area (Å²) in [4.78, 5) is 21.0. The number of aldehydes is 1. The zero-order chi connectivity index (χ0) is 24.1. The summed E-state index contributed by atoms with van der Waals surface area (Å²) in [6, 6.07) is 0. The Morgan fingerprint density at radius 3 is 2.58 bits per heavy atom. The molecule has 1 heterocycles. The number of hydrogen-bond donors (Lipinski definition) is 0. The van der Waals surface area contributed by atoms with Crippen molar-refractivity contribution < 1.29 is 9.53 Å². The number of rotatable bonds is 12. The van der Waals surface area contributed by atoms with Crippen LogP contribution in [0.3, 0.4) is 0 Å². The second-order valence-corrected chi connectivity index (χ2v) is 10.5. The van der Waals surface area contributed by atoms with E-state index in [-0.39, 0.29) is 5.92 Å². The van der Waals surface area contributed by atoms with Gasteiger partial charge >= 0.3 is 0 Å². The van der Waals surface area contributed by atoms with E-state index in [0.29, 0.717) is 6.61 Å². The van der Waals surface area contributed by atoms with E-state index in [2.05, 4.69) is 54.0 Å². The van der Waals surface area contributed by atoms with E-state index in [4.69, 9.17) is 4.74 Å². The number of nitrogens with zero attached hydrogens (tertiary/aromatic N) is 3. The molecule has 186 valence electrons. The van der Waals surface area contributed by atoms with Crippen molar-refractivity contribution in [3.63, 3.8) is 0 Å². The Morgan fingerprint density at radius 2 is 1.97 bits per heavy atom. The molecule has 0 spiro atoms. The molecule has 1 atom stereocenters. The lowest BCUT2D eigenvalue weighted by molar-refractivity contribution is 0.112. The van der Waals surface area contributed by atoms with E-state index in [9.17, 15) is 4.79 Å². The minimum Gasteiger partial charge on any atom is -0.377 e. The predicted octanol–water partition coefficient (Wildman–Crippen LogP) is 5.72. The molecule has 0 bridgehead atoms. The van der Waals surface area contributed by atoms with Gasteiger partial charge in [0.05, 0.1) is 17.2 Å². The van der Waals surface area contributed by atoms with Crippen molar-refractivity contribution in [2.24, 2.45) is 5.92 Å². The van der Waals surface area contributed by atoms with Crippen molar-refractivity contribution in [2.75, 3.05) is 53.5 Å². The average molecular weight is 476 g/mol. The van der Waals surface area contributed by atoms with Crippen molar-refractivity contribution in [1.82, 2.24) is 14.8 Å². The highest BCUT2D eigenvalue weighted by molar-refractivity contribution is 7.13. The summed E-state index contributed by atoms with van der Waals surface area (Å²) in [5.41, 5.74) is 2.11. The molecule has 0 aromatic carbocycles. The van der Waals surface area contributed by atoms with Gasteiger partial charge in [0, 0.05) is 19.1 Å². The molecule has 2 aliphatic rings. The van der Waals surface area contributed by atoms with Gasteiger partial charge in [0.1, 0.15) is 5.01 Å². The highest BCUT2D eigenvalue weighted by Crippen LogP contribution is 2.32. The predicted molar refractivity (Wildman–Crippen MR) is 141 cm³/mol. The molecule has 1 fully saturated rings. The Labute approximate surface area is 205 Å². The third kappa shape index (κ3) is 10.2. The number of thiazole rings is 1. The van der Waals surface area contributed by atoms with Gasteiger partial charge < -0.3 is 14.5 Å². The van der Waals surface area contributed by atoms with Crippen molar-refractivity contribution in [2.45, 2.75) is 65.2 Å². The monoisotopic (exact) mass is 475 g/mol. The zero-order valence-electron chi connectivity index (χ0n) is 21.5. The van der Waals surface area contributed by atoms with E-state index in [1.54, 1.807) is 0 Å². The van der Waals surface area contributed by atoms with Crippen LogP contribution in [0.4, 0.5) is 0 Å². The Bertz CT molecular complexity index is 751. The second kappa shape index (κ2) is 15.5. The van der Waals surface area contributed by atoms with Crippen LogP contribution in [0, 0.1) is 12.8 Å². The molecule has 1 aromatic rings. The van der Waals surface area contributed by atoms with Crippen LogP contribution in [0.1, 0.15) is 78.7 Å². The van der Waals surface area contributed by atoms with Gasteiger partial charge in [-0.15, -0.1) is 11.3 Å². The normalized spacial score (nSPS) is 18.5. The molecular formula is C27H45N3O2S. The Kier molecular flexibility index (Phi) is 13.1. The van der Waals surface area contributed by atoms with Gasteiger partial charge in [-0.25, -0.2) is 4.98 Å². The SMILES string of the molecule is CCN(CCCN(C)C)CC1CCCC1.CCOCC1=CC=CC(c2nc(C)c(C=O)s2)C1. The molecular weight excluding hydrogens is 430 g/mol.